The van der Waals surface area contributed by atoms with Crippen molar-refractivity contribution in [2.45, 2.75) is 13.4 Å². The van der Waals surface area contributed by atoms with Gasteiger partial charge in [0.05, 0.1) is 0 Å². The molecule has 1 N–H and O–H groups in total. The van der Waals surface area contributed by atoms with Crippen LogP contribution in [0, 0.1) is 0 Å². The van der Waals surface area contributed by atoms with Gasteiger partial charge in [0.2, 0.25) is 0 Å². The number of ether oxygens (including phenoxy) is 1. The Kier molecular flexibility index (Phi) is 4.37. The van der Waals surface area contributed by atoms with Crippen molar-refractivity contribution in [3.63, 3.8) is 0 Å². The van der Waals surface area contributed by atoms with Gasteiger partial charge in [-0.1, -0.05) is 67.0 Å². The Morgan fingerprint density at radius 2 is 1.64 bits per heavy atom. The highest BCUT2D eigenvalue weighted by Gasteiger charge is 2.07. The Morgan fingerprint density at radius 3 is 2.32 bits per heavy atom. The average Bonchev–Trinajstić information content (AvgIpc) is 2.55. The lowest BCUT2D eigenvalue weighted by atomic mass is 9.64. The van der Waals surface area contributed by atoms with E-state index >= 15 is 0 Å². The monoisotopic (exact) mass is 310 g/mol. The number of halogens is 1. The minimum atomic E-state index is -0.449. The Balaban J connectivity index is 1.81. The third-order valence-electron chi connectivity index (χ3n) is 3.69. The van der Waals surface area contributed by atoms with E-state index in [9.17, 15) is 5.02 Å². The summed E-state index contributed by atoms with van der Waals surface area (Å²) in [6.07, 6.45) is 0. The predicted molar refractivity (Wildman–Crippen MR) is 93.2 cm³/mol. The highest BCUT2D eigenvalue weighted by atomic mass is 35.5. The van der Waals surface area contributed by atoms with Crippen molar-refractivity contribution in [2.24, 2.45) is 0 Å². The highest BCUT2D eigenvalue weighted by Crippen LogP contribution is 2.31. The summed E-state index contributed by atoms with van der Waals surface area (Å²) in [7, 11) is 0. The molecule has 22 heavy (non-hydrogen) atoms. The fourth-order valence-corrected chi connectivity index (χ4v) is 2.64. The van der Waals surface area contributed by atoms with Crippen LogP contribution in [0.4, 0.5) is 0 Å². The molecule has 0 saturated carbocycles. The van der Waals surface area contributed by atoms with Gasteiger partial charge < -0.3 is 9.76 Å². The van der Waals surface area contributed by atoms with Gasteiger partial charge in [-0.2, -0.15) is 0 Å². The third-order valence-corrected chi connectivity index (χ3v) is 4.02. The van der Waals surface area contributed by atoms with Crippen LogP contribution in [-0.2, 0) is 6.61 Å². The van der Waals surface area contributed by atoms with Gasteiger partial charge in [-0.3, -0.25) is 0 Å². The van der Waals surface area contributed by atoms with Crippen molar-refractivity contribution in [1.29, 1.82) is 0 Å². The first-order valence-electron chi connectivity index (χ1n) is 7.22. The normalized spacial score (nSPS) is 10.7. The standard InChI is InChI=1S/C18H16BClO2/c1-19(21)14-8-6-13(7-9-14)12-22-18-11-10-17(20)15-4-2-3-5-16(15)18/h2-11,21H,12H2,1H3. The van der Waals surface area contributed by atoms with E-state index in [1.54, 1.807) is 6.82 Å². The summed E-state index contributed by atoms with van der Waals surface area (Å²) in [5, 5.41) is 12.3. The summed E-state index contributed by atoms with van der Waals surface area (Å²) >= 11 is 6.21. The van der Waals surface area contributed by atoms with Crippen molar-refractivity contribution in [2.75, 3.05) is 0 Å². The molecule has 0 aliphatic rings. The second-order valence-electron chi connectivity index (χ2n) is 5.30. The van der Waals surface area contributed by atoms with Crippen molar-refractivity contribution in [3.8, 4) is 5.75 Å². The SMILES string of the molecule is CB(O)c1ccc(COc2ccc(Cl)c3ccccc23)cc1. The first kappa shape index (κ1) is 15.0. The van der Waals surface area contributed by atoms with E-state index in [0.29, 0.717) is 6.61 Å². The minimum absolute atomic E-state index is 0.449. The van der Waals surface area contributed by atoms with Crippen LogP contribution < -0.4 is 10.2 Å². The van der Waals surface area contributed by atoms with E-state index in [0.717, 1.165) is 32.6 Å². The summed E-state index contributed by atoms with van der Waals surface area (Å²) in [5.41, 5.74) is 1.96. The van der Waals surface area contributed by atoms with E-state index in [-0.39, 0.29) is 0 Å². The zero-order chi connectivity index (χ0) is 15.5. The number of hydrogen-bond donors (Lipinski definition) is 1. The van der Waals surface area contributed by atoms with Gasteiger partial charge in [0.15, 0.2) is 0 Å². The summed E-state index contributed by atoms with van der Waals surface area (Å²) in [5.74, 6) is 0.819. The molecule has 0 unspecified atom stereocenters. The summed E-state index contributed by atoms with van der Waals surface area (Å²) < 4.78 is 5.94. The first-order chi connectivity index (χ1) is 10.6. The molecule has 0 saturated heterocycles. The summed E-state index contributed by atoms with van der Waals surface area (Å²) in [6, 6.07) is 19.5. The molecule has 0 aliphatic heterocycles. The molecule has 0 spiro atoms. The molecule has 110 valence electrons. The van der Waals surface area contributed by atoms with Gasteiger partial charge in [0.1, 0.15) is 12.4 Å². The number of rotatable bonds is 4. The molecule has 0 atom stereocenters. The highest BCUT2D eigenvalue weighted by molar-refractivity contribution is 6.64. The van der Waals surface area contributed by atoms with Crippen molar-refractivity contribution < 1.29 is 9.76 Å². The summed E-state index contributed by atoms with van der Waals surface area (Å²) in [4.78, 5) is 0. The smallest absolute Gasteiger partial charge is 0.320 e. The van der Waals surface area contributed by atoms with Crippen LogP contribution in [0.2, 0.25) is 11.8 Å². The first-order valence-corrected chi connectivity index (χ1v) is 7.60. The van der Waals surface area contributed by atoms with Crippen LogP contribution in [0.25, 0.3) is 10.8 Å². The minimum Gasteiger partial charge on any atom is -0.488 e. The lowest BCUT2D eigenvalue weighted by molar-refractivity contribution is 0.310. The van der Waals surface area contributed by atoms with Crippen molar-refractivity contribution in [1.82, 2.24) is 0 Å². The third kappa shape index (κ3) is 3.11. The van der Waals surface area contributed by atoms with Crippen LogP contribution in [0.1, 0.15) is 5.56 Å². The maximum Gasteiger partial charge on any atom is 0.320 e. The van der Waals surface area contributed by atoms with E-state index in [1.165, 1.54) is 0 Å². The zero-order valence-electron chi connectivity index (χ0n) is 12.3. The maximum atomic E-state index is 9.52. The molecule has 0 aliphatic carbocycles. The molecule has 3 aromatic rings. The second kappa shape index (κ2) is 6.43. The van der Waals surface area contributed by atoms with Crippen LogP contribution >= 0.6 is 11.6 Å². The largest absolute Gasteiger partial charge is 0.488 e. The Hall–Kier alpha value is -1.97. The molecule has 0 heterocycles. The van der Waals surface area contributed by atoms with E-state index in [4.69, 9.17) is 16.3 Å². The van der Waals surface area contributed by atoms with Gasteiger partial charge in [-0.05, 0) is 23.2 Å². The van der Waals surface area contributed by atoms with Crippen LogP contribution in [0.3, 0.4) is 0 Å². The Labute approximate surface area is 135 Å². The van der Waals surface area contributed by atoms with Gasteiger partial charge in [0, 0.05) is 15.8 Å². The fourth-order valence-electron chi connectivity index (χ4n) is 2.41. The number of fused-ring (bicyclic) bond motifs is 1. The molecular weight excluding hydrogens is 294 g/mol. The van der Waals surface area contributed by atoms with Crippen molar-refractivity contribution in [3.05, 3.63) is 71.2 Å². The van der Waals surface area contributed by atoms with Gasteiger partial charge in [0.25, 0.3) is 0 Å². The molecule has 3 aromatic carbocycles. The van der Waals surface area contributed by atoms with Gasteiger partial charge >= 0.3 is 6.92 Å². The van der Waals surface area contributed by atoms with Crippen molar-refractivity contribution >= 4 is 34.8 Å². The molecule has 0 radical (unpaired) electrons. The van der Waals surface area contributed by atoms with E-state index in [2.05, 4.69) is 0 Å². The van der Waals surface area contributed by atoms with Gasteiger partial charge in [-0.15, -0.1) is 0 Å². The molecule has 4 heteroatoms. The lowest BCUT2D eigenvalue weighted by Crippen LogP contribution is -2.25. The molecule has 0 amide bonds. The average molecular weight is 311 g/mol. The molecule has 3 rings (SSSR count). The molecule has 0 bridgehead atoms. The number of hydrogen-bond acceptors (Lipinski definition) is 2. The van der Waals surface area contributed by atoms with Crippen LogP contribution in [0.15, 0.2) is 60.7 Å². The maximum absolute atomic E-state index is 9.52. The zero-order valence-corrected chi connectivity index (χ0v) is 13.0. The molecule has 2 nitrogen and oxygen atoms in total. The molecular formula is C18H16BClO2. The molecule has 0 aromatic heterocycles. The lowest BCUT2D eigenvalue weighted by Gasteiger charge is -2.11. The Morgan fingerprint density at radius 1 is 0.955 bits per heavy atom. The predicted octanol–water partition coefficient (Wildman–Crippen LogP) is 3.89. The van der Waals surface area contributed by atoms with E-state index in [1.807, 2.05) is 60.7 Å². The van der Waals surface area contributed by atoms with Crippen LogP contribution in [-0.4, -0.2) is 11.9 Å². The fraction of sp³-hybridized carbons (Fsp3) is 0.111. The quantitative estimate of drug-likeness (QED) is 0.741. The molecule has 0 fully saturated rings. The number of benzene rings is 3. The topological polar surface area (TPSA) is 29.5 Å². The van der Waals surface area contributed by atoms with E-state index < -0.39 is 6.92 Å². The second-order valence-corrected chi connectivity index (χ2v) is 5.70. The Bertz CT molecular complexity index is 785. The summed E-state index contributed by atoms with van der Waals surface area (Å²) in [6.45, 7) is 1.78. The van der Waals surface area contributed by atoms with Gasteiger partial charge in [-0.25, -0.2) is 0 Å². The van der Waals surface area contributed by atoms with Crippen LogP contribution in [0.5, 0.6) is 5.75 Å².